The highest BCUT2D eigenvalue weighted by Crippen LogP contribution is 2.19. The molecular formula is C12H9O3. The first-order valence-electron chi connectivity index (χ1n) is 4.50. The Kier molecular flexibility index (Phi) is 2.54. The Morgan fingerprint density at radius 2 is 2.20 bits per heavy atom. The van der Waals surface area contributed by atoms with Gasteiger partial charge in [0.15, 0.2) is 0 Å². The SMILES string of the molecule is Cc1occc(=O)c1Oc1[c]cccc1. The maximum Gasteiger partial charge on any atom is 0.227 e. The van der Waals surface area contributed by atoms with Gasteiger partial charge in [0.25, 0.3) is 0 Å². The minimum absolute atomic E-state index is 0.198. The minimum atomic E-state index is -0.198. The number of ether oxygens (including phenoxy) is 1. The van der Waals surface area contributed by atoms with E-state index in [4.69, 9.17) is 9.15 Å². The summed E-state index contributed by atoms with van der Waals surface area (Å²) in [6.07, 6.45) is 1.35. The van der Waals surface area contributed by atoms with Crippen LogP contribution in [0, 0.1) is 13.0 Å². The molecule has 0 aliphatic rings. The molecule has 0 saturated carbocycles. The lowest BCUT2D eigenvalue weighted by Crippen LogP contribution is -2.04. The van der Waals surface area contributed by atoms with Crippen LogP contribution in [0.3, 0.4) is 0 Å². The number of hydrogen-bond donors (Lipinski definition) is 0. The number of para-hydroxylation sites is 1. The topological polar surface area (TPSA) is 39.4 Å². The van der Waals surface area contributed by atoms with Gasteiger partial charge in [0, 0.05) is 12.1 Å². The Morgan fingerprint density at radius 3 is 2.87 bits per heavy atom. The molecule has 0 N–H and O–H groups in total. The predicted molar refractivity (Wildman–Crippen MR) is 55.1 cm³/mol. The van der Waals surface area contributed by atoms with E-state index in [0.29, 0.717) is 11.5 Å². The molecular weight excluding hydrogens is 192 g/mol. The van der Waals surface area contributed by atoms with Crippen molar-refractivity contribution in [2.24, 2.45) is 0 Å². The molecule has 0 atom stereocenters. The lowest BCUT2D eigenvalue weighted by Gasteiger charge is -2.05. The molecule has 15 heavy (non-hydrogen) atoms. The lowest BCUT2D eigenvalue weighted by atomic mass is 10.3. The minimum Gasteiger partial charge on any atom is -0.465 e. The van der Waals surface area contributed by atoms with E-state index in [1.807, 2.05) is 12.1 Å². The molecule has 3 heteroatoms. The zero-order valence-electron chi connectivity index (χ0n) is 8.19. The van der Waals surface area contributed by atoms with Crippen LogP contribution in [0.2, 0.25) is 0 Å². The van der Waals surface area contributed by atoms with Crippen molar-refractivity contribution in [2.45, 2.75) is 6.92 Å². The van der Waals surface area contributed by atoms with Crippen molar-refractivity contribution in [1.82, 2.24) is 0 Å². The first-order valence-corrected chi connectivity index (χ1v) is 4.50. The average Bonchev–Trinajstić information content (AvgIpc) is 2.25. The van der Waals surface area contributed by atoms with Crippen LogP contribution in [0.25, 0.3) is 0 Å². The van der Waals surface area contributed by atoms with Gasteiger partial charge < -0.3 is 9.15 Å². The van der Waals surface area contributed by atoms with Crippen molar-refractivity contribution >= 4 is 0 Å². The summed E-state index contributed by atoms with van der Waals surface area (Å²) in [5, 5.41) is 0. The fraction of sp³-hybridized carbons (Fsp3) is 0.0833. The van der Waals surface area contributed by atoms with E-state index in [1.54, 1.807) is 19.1 Å². The zero-order valence-corrected chi connectivity index (χ0v) is 8.19. The molecule has 0 fully saturated rings. The Labute approximate surface area is 86.9 Å². The van der Waals surface area contributed by atoms with Crippen LogP contribution < -0.4 is 10.2 Å². The van der Waals surface area contributed by atoms with Crippen LogP contribution in [-0.2, 0) is 0 Å². The normalized spacial score (nSPS) is 9.93. The first-order chi connectivity index (χ1) is 7.27. The summed E-state index contributed by atoms with van der Waals surface area (Å²) in [7, 11) is 0. The maximum absolute atomic E-state index is 11.4. The predicted octanol–water partition coefficient (Wildman–Crippen LogP) is 2.54. The summed E-state index contributed by atoms with van der Waals surface area (Å²) in [5.74, 6) is 1.17. The Morgan fingerprint density at radius 1 is 1.33 bits per heavy atom. The van der Waals surface area contributed by atoms with Gasteiger partial charge in [0.1, 0.15) is 11.5 Å². The molecule has 75 valence electrons. The fourth-order valence-corrected chi connectivity index (χ4v) is 1.17. The van der Waals surface area contributed by atoms with Crippen LogP contribution in [0.4, 0.5) is 0 Å². The van der Waals surface area contributed by atoms with Gasteiger partial charge in [-0.1, -0.05) is 18.2 Å². The zero-order chi connectivity index (χ0) is 10.7. The van der Waals surface area contributed by atoms with E-state index in [1.165, 1.54) is 12.3 Å². The smallest absolute Gasteiger partial charge is 0.227 e. The standard InChI is InChI=1S/C12H9O3/c1-9-12(11(13)7-8-14-9)15-10-5-3-2-4-6-10/h2-5,7-8H,1H3. The van der Waals surface area contributed by atoms with Crippen LogP contribution in [0.5, 0.6) is 11.5 Å². The van der Waals surface area contributed by atoms with E-state index in [-0.39, 0.29) is 11.2 Å². The second kappa shape index (κ2) is 4.00. The van der Waals surface area contributed by atoms with Gasteiger partial charge in [-0.2, -0.15) is 0 Å². The summed E-state index contributed by atoms with van der Waals surface area (Å²) >= 11 is 0. The third kappa shape index (κ3) is 2.07. The van der Waals surface area contributed by atoms with E-state index in [2.05, 4.69) is 6.07 Å². The van der Waals surface area contributed by atoms with Crippen molar-refractivity contribution < 1.29 is 9.15 Å². The summed E-state index contributed by atoms with van der Waals surface area (Å²) in [5.41, 5.74) is -0.198. The number of hydrogen-bond acceptors (Lipinski definition) is 3. The van der Waals surface area contributed by atoms with Crippen molar-refractivity contribution in [3.8, 4) is 11.5 Å². The van der Waals surface area contributed by atoms with Crippen LogP contribution in [0.15, 0.2) is 45.8 Å². The Hall–Kier alpha value is -2.03. The fourth-order valence-electron chi connectivity index (χ4n) is 1.17. The highest BCUT2D eigenvalue weighted by atomic mass is 16.5. The number of benzene rings is 1. The lowest BCUT2D eigenvalue weighted by molar-refractivity contribution is 0.420. The molecule has 2 rings (SSSR count). The summed E-state index contributed by atoms with van der Waals surface area (Å²) in [4.78, 5) is 11.4. The summed E-state index contributed by atoms with van der Waals surface area (Å²) < 4.78 is 10.5. The molecule has 2 aromatic rings. The van der Waals surface area contributed by atoms with E-state index < -0.39 is 0 Å². The average molecular weight is 201 g/mol. The molecule has 3 nitrogen and oxygen atoms in total. The van der Waals surface area contributed by atoms with E-state index in [9.17, 15) is 4.79 Å². The van der Waals surface area contributed by atoms with E-state index >= 15 is 0 Å². The van der Waals surface area contributed by atoms with Crippen molar-refractivity contribution in [3.05, 3.63) is 58.6 Å². The maximum atomic E-state index is 11.4. The van der Waals surface area contributed by atoms with Gasteiger partial charge in [-0.3, -0.25) is 4.79 Å². The Bertz CT molecular complexity index is 500. The third-order valence-corrected chi connectivity index (χ3v) is 1.90. The largest absolute Gasteiger partial charge is 0.465 e. The van der Waals surface area contributed by atoms with Crippen molar-refractivity contribution in [1.29, 1.82) is 0 Å². The molecule has 1 aromatic heterocycles. The first kappa shape index (κ1) is 9.52. The molecule has 0 aliphatic carbocycles. The molecule has 1 radical (unpaired) electrons. The Balaban J connectivity index is 2.37. The molecule has 1 heterocycles. The van der Waals surface area contributed by atoms with Gasteiger partial charge in [0.2, 0.25) is 11.2 Å². The molecule has 0 bridgehead atoms. The van der Waals surface area contributed by atoms with Crippen molar-refractivity contribution in [3.63, 3.8) is 0 Å². The van der Waals surface area contributed by atoms with Gasteiger partial charge >= 0.3 is 0 Å². The van der Waals surface area contributed by atoms with Gasteiger partial charge in [-0.25, -0.2) is 0 Å². The van der Waals surface area contributed by atoms with Gasteiger partial charge in [0.05, 0.1) is 6.26 Å². The molecule has 1 aromatic carbocycles. The number of aryl methyl sites for hydroxylation is 1. The molecule has 0 spiro atoms. The summed E-state index contributed by atoms with van der Waals surface area (Å²) in [6.45, 7) is 1.68. The van der Waals surface area contributed by atoms with Gasteiger partial charge in [-0.15, -0.1) is 0 Å². The third-order valence-electron chi connectivity index (χ3n) is 1.90. The van der Waals surface area contributed by atoms with Crippen molar-refractivity contribution in [2.75, 3.05) is 0 Å². The van der Waals surface area contributed by atoms with Crippen LogP contribution in [0.1, 0.15) is 5.76 Å². The second-order valence-electron chi connectivity index (χ2n) is 3.00. The molecule has 0 amide bonds. The van der Waals surface area contributed by atoms with E-state index in [0.717, 1.165) is 0 Å². The molecule has 0 saturated heterocycles. The number of rotatable bonds is 2. The highest BCUT2D eigenvalue weighted by Gasteiger charge is 2.07. The quantitative estimate of drug-likeness (QED) is 0.749. The van der Waals surface area contributed by atoms with Crippen LogP contribution >= 0.6 is 0 Å². The second-order valence-corrected chi connectivity index (χ2v) is 3.00. The monoisotopic (exact) mass is 201 g/mol. The van der Waals surface area contributed by atoms with Gasteiger partial charge in [-0.05, 0) is 13.0 Å². The highest BCUT2D eigenvalue weighted by molar-refractivity contribution is 5.30. The molecule has 0 aliphatic heterocycles. The summed E-state index contributed by atoms with van der Waals surface area (Å²) in [6, 6.07) is 11.3. The van der Waals surface area contributed by atoms with Crippen LogP contribution in [-0.4, -0.2) is 0 Å². The molecule has 0 unspecified atom stereocenters.